The van der Waals surface area contributed by atoms with Gasteiger partial charge in [-0.1, -0.05) is 0 Å². The predicted octanol–water partition coefficient (Wildman–Crippen LogP) is -2.07. The highest BCUT2D eigenvalue weighted by Crippen LogP contribution is 2.22. The first kappa shape index (κ1) is 15.0. The number of nitrogens with zero attached hydrogens (tertiary/aromatic N) is 2. The molecule has 1 fully saturated rings. The van der Waals surface area contributed by atoms with Gasteiger partial charge in [0.15, 0.2) is 0 Å². The molecule has 0 spiro atoms. The number of carbonyl (C=O) groups is 1. The van der Waals surface area contributed by atoms with E-state index in [1.165, 1.54) is 17.9 Å². The van der Waals surface area contributed by atoms with Gasteiger partial charge in [0, 0.05) is 26.9 Å². The molecule has 1 heterocycles. The van der Waals surface area contributed by atoms with Crippen LogP contribution in [-0.4, -0.2) is 62.9 Å². The first-order valence-electron chi connectivity index (χ1n) is 5.10. The minimum Gasteiger partial charge on any atom is -1.00 e. The minimum absolute atomic E-state index is 0. The molecule has 1 unspecified atom stereocenters. The van der Waals surface area contributed by atoms with Crippen molar-refractivity contribution in [3.63, 3.8) is 0 Å². The minimum atomic E-state index is -0.239. The fourth-order valence-corrected chi connectivity index (χ4v) is 1.85. The van der Waals surface area contributed by atoms with Crippen LogP contribution in [0.15, 0.2) is 0 Å². The number of likely N-dealkylation sites (tertiary alicyclic amines) is 1. The summed E-state index contributed by atoms with van der Waals surface area (Å²) in [7, 11) is 7.80. The Hall–Kier alpha value is -0.0400. The summed E-state index contributed by atoms with van der Waals surface area (Å²) >= 11 is 0. The lowest BCUT2D eigenvalue weighted by atomic mass is 10.2. The first-order chi connectivity index (χ1) is 6.43. The number of likely N-dealkylation sites (N-methyl/N-ethyl adjacent to an activating group) is 1. The molecule has 15 heavy (non-hydrogen) atoms. The lowest BCUT2D eigenvalue weighted by Crippen LogP contribution is -3.00. The quantitative estimate of drug-likeness (QED) is 0.431. The monoisotopic (exact) mass is 328 g/mol. The van der Waals surface area contributed by atoms with E-state index < -0.39 is 0 Å². The molecular formula is C10H21IN2O2. The molecule has 1 atom stereocenters. The van der Waals surface area contributed by atoms with Crippen LogP contribution in [0.25, 0.3) is 0 Å². The van der Waals surface area contributed by atoms with Crippen molar-refractivity contribution in [1.29, 1.82) is 0 Å². The van der Waals surface area contributed by atoms with Crippen LogP contribution < -0.4 is 24.0 Å². The zero-order chi connectivity index (χ0) is 10.8. The van der Waals surface area contributed by atoms with E-state index in [4.69, 9.17) is 4.74 Å². The van der Waals surface area contributed by atoms with Gasteiger partial charge in [-0.15, -0.1) is 0 Å². The summed E-state index contributed by atoms with van der Waals surface area (Å²) < 4.78 is 6.17. The molecule has 0 aromatic carbocycles. The first-order valence-corrected chi connectivity index (χ1v) is 5.10. The molecule has 0 aromatic heterocycles. The summed E-state index contributed by atoms with van der Waals surface area (Å²) in [5.74, 6) is 0. The van der Waals surface area contributed by atoms with Gasteiger partial charge < -0.3 is 38.1 Å². The van der Waals surface area contributed by atoms with Crippen molar-refractivity contribution in [2.75, 3.05) is 41.3 Å². The SMILES string of the molecule is CN(C)C(=O)OCC1CCC[N+]1(C)C.[I-]. The van der Waals surface area contributed by atoms with Gasteiger partial charge in [0.2, 0.25) is 0 Å². The highest BCUT2D eigenvalue weighted by molar-refractivity contribution is 5.66. The Balaban J connectivity index is 0.00000196. The van der Waals surface area contributed by atoms with Crippen molar-refractivity contribution in [2.24, 2.45) is 0 Å². The molecule has 4 nitrogen and oxygen atoms in total. The third-order valence-electron chi connectivity index (χ3n) is 3.02. The molecule has 1 aliphatic rings. The maximum absolute atomic E-state index is 11.2. The van der Waals surface area contributed by atoms with Crippen LogP contribution >= 0.6 is 0 Å². The molecule has 0 radical (unpaired) electrons. The van der Waals surface area contributed by atoms with Gasteiger partial charge in [-0.05, 0) is 0 Å². The Morgan fingerprint density at radius 2 is 2.07 bits per heavy atom. The maximum atomic E-state index is 11.2. The van der Waals surface area contributed by atoms with Crippen molar-refractivity contribution >= 4 is 6.09 Å². The van der Waals surface area contributed by atoms with E-state index in [9.17, 15) is 4.79 Å². The zero-order valence-corrected chi connectivity index (χ0v) is 12.2. The summed E-state index contributed by atoms with van der Waals surface area (Å²) in [6.45, 7) is 1.73. The van der Waals surface area contributed by atoms with E-state index in [-0.39, 0.29) is 30.1 Å². The average Bonchev–Trinajstić information content (AvgIpc) is 2.40. The maximum Gasteiger partial charge on any atom is 0.409 e. The molecule has 5 heteroatoms. The molecule has 1 saturated heterocycles. The van der Waals surface area contributed by atoms with Crippen molar-refractivity contribution in [3.8, 4) is 0 Å². The highest BCUT2D eigenvalue weighted by atomic mass is 127. The Bertz CT molecular complexity index is 219. The fourth-order valence-electron chi connectivity index (χ4n) is 1.85. The predicted molar refractivity (Wildman–Crippen MR) is 55.0 cm³/mol. The van der Waals surface area contributed by atoms with Crippen molar-refractivity contribution in [3.05, 3.63) is 0 Å². The third kappa shape index (κ3) is 4.14. The van der Waals surface area contributed by atoms with Crippen molar-refractivity contribution in [1.82, 2.24) is 4.90 Å². The summed E-state index contributed by atoms with van der Waals surface area (Å²) in [6, 6.07) is 0.471. The number of ether oxygens (including phenoxy) is 1. The van der Waals surface area contributed by atoms with Gasteiger partial charge in [-0.3, -0.25) is 0 Å². The summed E-state index contributed by atoms with van der Waals surface area (Å²) in [5.41, 5.74) is 0. The Kier molecular flexibility index (Phi) is 5.87. The number of hydrogen-bond acceptors (Lipinski definition) is 2. The molecular weight excluding hydrogens is 307 g/mol. The van der Waals surface area contributed by atoms with Crippen molar-refractivity contribution in [2.45, 2.75) is 18.9 Å². The van der Waals surface area contributed by atoms with Crippen LogP contribution in [-0.2, 0) is 4.74 Å². The molecule has 90 valence electrons. The number of hydrogen-bond donors (Lipinski definition) is 0. The molecule has 0 aromatic rings. The Morgan fingerprint density at radius 1 is 1.47 bits per heavy atom. The van der Waals surface area contributed by atoms with E-state index in [1.807, 2.05) is 0 Å². The summed E-state index contributed by atoms with van der Waals surface area (Å²) in [6.07, 6.45) is 2.15. The number of halogens is 1. The van der Waals surface area contributed by atoms with E-state index in [1.54, 1.807) is 14.1 Å². The van der Waals surface area contributed by atoms with E-state index in [0.29, 0.717) is 12.6 Å². The van der Waals surface area contributed by atoms with Gasteiger partial charge in [0.05, 0.1) is 20.6 Å². The zero-order valence-electron chi connectivity index (χ0n) is 9.99. The van der Waals surface area contributed by atoms with Gasteiger partial charge in [-0.25, -0.2) is 4.79 Å². The molecule has 0 bridgehead atoms. The van der Waals surface area contributed by atoms with Gasteiger partial charge in [0.1, 0.15) is 12.6 Å². The smallest absolute Gasteiger partial charge is 0.409 e. The van der Waals surface area contributed by atoms with Crippen LogP contribution in [0.5, 0.6) is 0 Å². The molecule has 1 amide bonds. The molecule has 0 N–H and O–H groups in total. The number of amides is 1. The topological polar surface area (TPSA) is 29.5 Å². The fraction of sp³-hybridized carbons (Fsp3) is 0.900. The number of quaternary nitrogens is 1. The lowest BCUT2D eigenvalue weighted by Gasteiger charge is -2.31. The van der Waals surface area contributed by atoms with Gasteiger partial charge in [0.25, 0.3) is 0 Å². The van der Waals surface area contributed by atoms with E-state index in [0.717, 1.165) is 10.9 Å². The number of carbonyl (C=O) groups excluding carboxylic acids is 1. The standard InChI is InChI=1S/C10H21N2O2.HI/c1-11(2)10(13)14-8-9-6-5-7-12(9,3)4;/h9H,5-8H2,1-4H3;1H/q+1;/p-1. The largest absolute Gasteiger partial charge is 1.00 e. The third-order valence-corrected chi connectivity index (χ3v) is 3.02. The second-order valence-corrected chi connectivity index (χ2v) is 4.77. The Morgan fingerprint density at radius 3 is 2.47 bits per heavy atom. The van der Waals surface area contributed by atoms with Crippen molar-refractivity contribution < 1.29 is 38.0 Å². The van der Waals surface area contributed by atoms with Gasteiger partial charge in [-0.2, -0.15) is 0 Å². The van der Waals surface area contributed by atoms with Crippen LogP contribution in [0.4, 0.5) is 4.79 Å². The lowest BCUT2D eigenvalue weighted by molar-refractivity contribution is -0.902. The number of rotatable bonds is 2. The highest BCUT2D eigenvalue weighted by Gasteiger charge is 2.34. The van der Waals surface area contributed by atoms with Gasteiger partial charge >= 0.3 is 6.09 Å². The summed E-state index contributed by atoms with van der Waals surface area (Å²) in [4.78, 5) is 12.7. The Labute approximate surface area is 109 Å². The van der Waals surface area contributed by atoms with Crippen LogP contribution in [0.3, 0.4) is 0 Å². The summed E-state index contributed by atoms with van der Waals surface area (Å²) in [5, 5.41) is 0. The normalized spacial score (nSPS) is 23.1. The molecule has 1 aliphatic heterocycles. The van der Waals surface area contributed by atoms with E-state index >= 15 is 0 Å². The van der Waals surface area contributed by atoms with Crippen LogP contribution in [0.2, 0.25) is 0 Å². The van der Waals surface area contributed by atoms with E-state index in [2.05, 4.69) is 14.1 Å². The molecule has 0 saturated carbocycles. The molecule has 0 aliphatic carbocycles. The molecule has 1 rings (SSSR count). The second-order valence-electron chi connectivity index (χ2n) is 4.77. The second kappa shape index (κ2) is 5.89. The van der Waals surface area contributed by atoms with Crippen LogP contribution in [0, 0.1) is 0 Å². The average molecular weight is 328 g/mol. The van der Waals surface area contributed by atoms with Crippen LogP contribution in [0.1, 0.15) is 12.8 Å².